The standard InChI is InChI=1S/C24H21N3O4S2/c25-33(30,31)19-12-10-17(11-13-19)14-15-27-23(29)20-8-4-5-9-21(20)26-24(27)32-16-22(28)18-6-2-1-3-7-18/h1-13H,14-16H2,(H2,25,30,31). The van der Waals surface area contributed by atoms with E-state index in [-0.39, 0.29) is 22.0 Å². The number of ketones is 1. The summed E-state index contributed by atoms with van der Waals surface area (Å²) < 4.78 is 24.5. The molecule has 1 heterocycles. The van der Waals surface area contributed by atoms with Crippen LogP contribution in [0, 0.1) is 0 Å². The Morgan fingerprint density at radius 3 is 2.30 bits per heavy atom. The number of rotatable bonds is 8. The fourth-order valence-electron chi connectivity index (χ4n) is 3.38. The number of hydrogen-bond donors (Lipinski definition) is 1. The van der Waals surface area contributed by atoms with Gasteiger partial charge in [0.15, 0.2) is 10.9 Å². The van der Waals surface area contributed by atoms with Crippen molar-refractivity contribution in [2.24, 2.45) is 5.14 Å². The molecule has 0 aliphatic carbocycles. The maximum Gasteiger partial charge on any atom is 0.262 e. The number of carbonyl (C=O) groups excluding carboxylic acids is 1. The first-order valence-corrected chi connectivity index (χ1v) is 12.7. The molecule has 0 atom stereocenters. The van der Waals surface area contributed by atoms with Crippen LogP contribution >= 0.6 is 11.8 Å². The highest BCUT2D eigenvalue weighted by atomic mass is 32.2. The molecule has 0 fully saturated rings. The molecule has 7 nitrogen and oxygen atoms in total. The molecular formula is C24H21N3O4S2. The van der Waals surface area contributed by atoms with Gasteiger partial charge in [0, 0.05) is 12.1 Å². The maximum absolute atomic E-state index is 13.2. The molecular weight excluding hydrogens is 458 g/mol. The van der Waals surface area contributed by atoms with Crippen molar-refractivity contribution in [3.05, 3.63) is 100 Å². The number of nitrogens with two attached hydrogens (primary N) is 1. The number of benzene rings is 3. The molecule has 0 spiro atoms. The summed E-state index contributed by atoms with van der Waals surface area (Å²) in [5, 5.41) is 6.12. The van der Waals surface area contributed by atoms with Gasteiger partial charge in [-0.25, -0.2) is 18.5 Å². The number of para-hydroxylation sites is 1. The van der Waals surface area contributed by atoms with Crippen LogP contribution in [-0.2, 0) is 23.0 Å². The molecule has 0 unspecified atom stereocenters. The highest BCUT2D eigenvalue weighted by molar-refractivity contribution is 7.99. The number of Topliss-reactive ketones (excluding diaryl/α,β-unsaturated/α-hetero) is 1. The molecule has 0 aliphatic heterocycles. The van der Waals surface area contributed by atoms with Gasteiger partial charge in [-0.15, -0.1) is 0 Å². The Bertz CT molecular complexity index is 1470. The van der Waals surface area contributed by atoms with Crippen LogP contribution in [0.1, 0.15) is 15.9 Å². The smallest absolute Gasteiger partial charge is 0.262 e. The minimum Gasteiger partial charge on any atom is -0.293 e. The fourth-order valence-corrected chi connectivity index (χ4v) is 4.81. The summed E-state index contributed by atoms with van der Waals surface area (Å²) in [7, 11) is -3.76. The van der Waals surface area contributed by atoms with Crippen molar-refractivity contribution in [3.63, 3.8) is 0 Å². The molecule has 3 aromatic carbocycles. The molecule has 0 saturated heterocycles. The van der Waals surface area contributed by atoms with Crippen molar-refractivity contribution >= 4 is 38.5 Å². The quantitative estimate of drug-likeness (QED) is 0.236. The monoisotopic (exact) mass is 479 g/mol. The molecule has 0 radical (unpaired) electrons. The third-order valence-corrected chi connectivity index (χ3v) is 7.04. The van der Waals surface area contributed by atoms with Gasteiger partial charge in [-0.1, -0.05) is 66.4 Å². The summed E-state index contributed by atoms with van der Waals surface area (Å²) in [6.07, 6.45) is 0.477. The molecule has 2 N–H and O–H groups in total. The van der Waals surface area contributed by atoms with Crippen molar-refractivity contribution in [3.8, 4) is 0 Å². The van der Waals surface area contributed by atoms with Crippen LogP contribution in [0.3, 0.4) is 0 Å². The van der Waals surface area contributed by atoms with E-state index in [1.807, 2.05) is 24.3 Å². The summed E-state index contributed by atoms with van der Waals surface area (Å²) >= 11 is 1.23. The summed E-state index contributed by atoms with van der Waals surface area (Å²) in [4.78, 5) is 30.4. The van der Waals surface area contributed by atoms with E-state index >= 15 is 0 Å². The van der Waals surface area contributed by atoms with Gasteiger partial charge in [0.05, 0.1) is 21.6 Å². The Morgan fingerprint density at radius 1 is 0.939 bits per heavy atom. The first kappa shape index (κ1) is 22.9. The number of thioether (sulfide) groups is 1. The zero-order valence-corrected chi connectivity index (χ0v) is 19.2. The lowest BCUT2D eigenvalue weighted by atomic mass is 10.1. The Kier molecular flexibility index (Phi) is 6.73. The second kappa shape index (κ2) is 9.70. The van der Waals surface area contributed by atoms with Gasteiger partial charge in [-0.3, -0.25) is 14.2 Å². The zero-order chi connectivity index (χ0) is 23.4. The fraction of sp³-hybridized carbons (Fsp3) is 0.125. The van der Waals surface area contributed by atoms with Crippen LogP contribution in [0.4, 0.5) is 0 Å². The Balaban J connectivity index is 1.61. The van der Waals surface area contributed by atoms with Gasteiger partial charge in [0.1, 0.15) is 0 Å². The number of fused-ring (bicyclic) bond motifs is 1. The first-order valence-electron chi connectivity index (χ1n) is 10.2. The topological polar surface area (TPSA) is 112 Å². The largest absolute Gasteiger partial charge is 0.293 e. The highest BCUT2D eigenvalue weighted by Gasteiger charge is 2.14. The molecule has 9 heteroatoms. The van der Waals surface area contributed by atoms with Crippen molar-refractivity contribution in [2.45, 2.75) is 23.0 Å². The van der Waals surface area contributed by atoms with Gasteiger partial charge < -0.3 is 0 Å². The summed E-state index contributed by atoms with van der Waals surface area (Å²) in [5.74, 6) is 0.103. The lowest BCUT2D eigenvalue weighted by molar-refractivity contribution is 0.102. The minimum absolute atomic E-state index is 0.0338. The third-order valence-electron chi connectivity index (χ3n) is 5.13. The molecule has 1 aromatic heterocycles. The van der Waals surface area contributed by atoms with Gasteiger partial charge in [0.2, 0.25) is 10.0 Å². The molecule has 33 heavy (non-hydrogen) atoms. The molecule has 4 aromatic rings. The van der Waals surface area contributed by atoms with Crippen LogP contribution in [0.5, 0.6) is 0 Å². The Hall–Kier alpha value is -3.27. The molecule has 0 amide bonds. The molecule has 0 aliphatic rings. The van der Waals surface area contributed by atoms with Crippen LogP contribution < -0.4 is 10.7 Å². The summed E-state index contributed by atoms with van der Waals surface area (Å²) in [6.45, 7) is 0.327. The Morgan fingerprint density at radius 2 is 1.61 bits per heavy atom. The van der Waals surface area contributed by atoms with Crippen molar-refractivity contribution in [2.75, 3.05) is 5.75 Å². The lowest BCUT2D eigenvalue weighted by Gasteiger charge is -2.13. The molecule has 4 rings (SSSR count). The van der Waals surface area contributed by atoms with E-state index < -0.39 is 10.0 Å². The maximum atomic E-state index is 13.2. The van der Waals surface area contributed by atoms with Crippen molar-refractivity contribution < 1.29 is 13.2 Å². The number of nitrogens with zero attached hydrogens (tertiary/aromatic N) is 2. The number of aryl methyl sites for hydroxylation is 1. The average Bonchev–Trinajstić information content (AvgIpc) is 2.82. The van der Waals surface area contributed by atoms with E-state index in [1.165, 1.54) is 23.9 Å². The van der Waals surface area contributed by atoms with Crippen LogP contribution in [0.2, 0.25) is 0 Å². The number of sulfonamides is 1. The van der Waals surface area contributed by atoms with Crippen LogP contribution in [-0.4, -0.2) is 29.5 Å². The van der Waals surface area contributed by atoms with Crippen LogP contribution in [0.15, 0.2) is 93.7 Å². The lowest BCUT2D eigenvalue weighted by Crippen LogP contribution is -2.24. The summed E-state index contributed by atoms with van der Waals surface area (Å²) in [5.41, 5.74) is 1.84. The second-order valence-electron chi connectivity index (χ2n) is 7.39. The first-order chi connectivity index (χ1) is 15.8. The normalized spacial score (nSPS) is 11.5. The number of hydrogen-bond acceptors (Lipinski definition) is 6. The number of aromatic nitrogens is 2. The molecule has 0 saturated carbocycles. The van der Waals surface area contributed by atoms with E-state index in [4.69, 9.17) is 5.14 Å². The third kappa shape index (κ3) is 5.39. The van der Waals surface area contributed by atoms with E-state index in [1.54, 1.807) is 47.0 Å². The van der Waals surface area contributed by atoms with Crippen LogP contribution in [0.25, 0.3) is 10.9 Å². The average molecular weight is 480 g/mol. The predicted octanol–water partition coefficient (Wildman–Crippen LogP) is 3.26. The van der Waals surface area contributed by atoms with Crippen molar-refractivity contribution in [1.29, 1.82) is 0 Å². The minimum atomic E-state index is -3.76. The van der Waals surface area contributed by atoms with Gasteiger partial charge in [-0.05, 0) is 36.2 Å². The van der Waals surface area contributed by atoms with E-state index in [2.05, 4.69) is 4.98 Å². The zero-order valence-electron chi connectivity index (χ0n) is 17.5. The highest BCUT2D eigenvalue weighted by Crippen LogP contribution is 2.20. The van der Waals surface area contributed by atoms with E-state index in [0.29, 0.717) is 34.6 Å². The van der Waals surface area contributed by atoms with E-state index in [0.717, 1.165) is 5.56 Å². The van der Waals surface area contributed by atoms with E-state index in [9.17, 15) is 18.0 Å². The number of carbonyl (C=O) groups is 1. The predicted molar refractivity (Wildman–Crippen MR) is 129 cm³/mol. The molecule has 0 bridgehead atoms. The SMILES string of the molecule is NS(=O)(=O)c1ccc(CCn2c(SCC(=O)c3ccccc3)nc3ccccc3c2=O)cc1. The molecule has 168 valence electrons. The number of primary sulfonamides is 1. The van der Waals surface area contributed by atoms with Gasteiger partial charge >= 0.3 is 0 Å². The van der Waals surface area contributed by atoms with Gasteiger partial charge in [0.25, 0.3) is 5.56 Å². The second-order valence-corrected chi connectivity index (χ2v) is 9.89. The summed E-state index contributed by atoms with van der Waals surface area (Å²) in [6, 6.07) is 22.3. The van der Waals surface area contributed by atoms with Crippen molar-refractivity contribution in [1.82, 2.24) is 9.55 Å². The van der Waals surface area contributed by atoms with Gasteiger partial charge in [-0.2, -0.15) is 0 Å². The Labute approximate surface area is 195 Å².